The molecule has 0 amide bonds. The van der Waals surface area contributed by atoms with Crippen LogP contribution in [-0.2, 0) is 4.79 Å². The predicted molar refractivity (Wildman–Crippen MR) is 154 cm³/mol. The number of nitrogens with one attached hydrogen (secondary N) is 2. The SMILES string of the molecule is CN(C)c1ccc(C2CC(=O)C3=C(C2)Nc2ccccc2NC3c2cccc(Oc3ccccc3)c2)cc1. The van der Waals surface area contributed by atoms with Gasteiger partial charge in [0, 0.05) is 37.5 Å². The minimum Gasteiger partial charge on any atom is -0.457 e. The first-order valence-electron chi connectivity index (χ1n) is 13.0. The van der Waals surface area contributed by atoms with Crippen molar-refractivity contribution in [2.45, 2.75) is 24.8 Å². The molecule has 4 aromatic carbocycles. The van der Waals surface area contributed by atoms with Crippen molar-refractivity contribution in [3.05, 3.63) is 126 Å². The van der Waals surface area contributed by atoms with Gasteiger partial charge in [0.2, 0.25) is 0 Å². The number of fused-ring (bicyclic) bond motifs is 1. The highest BCUT2D eigenvalue weighted by Gasteiger charge is 2.36. The maximum absolute atomic E-state index is 13.9. The molecule has 0 fully saturated rings. The van der Waals surface area contributed by atoms with Gasteiger partial charge in [0.15, 0.2) is 5.78 Å². The quantitative estimate of drug-likeness (QED) is 0.296. The molecule has 190 valence electrons. The largest absolute Gasteiger partial charge is 0.457 e. The van der Waals surface area contributed by atoms with Crippen LogP contribution in [0.15, 0.2) is 114 Å². The number of hydrogen-bond donors (Lipinski definition) is 2. The molecule has 5 nitrogen and oxygen atoms in total. The van der Waals surface area contributed by atoms with Crippen molar-refractivity contribution in [2.24, 2.45) is 0 Å². The Kier molecular flexibility index (Phi) is 6.34. The summed E-state index contributed by atoms with van der Waals surface area (Å²) in [5, 5.41) is 7.30. The Morgan fingerprint density at radius 1 is 0.737 bits per heavy atom. The number of carbonyl (C=O) groups excluding carboxylic acids is 1. The van der Waals surface area contributed by atoms with E-state index >= 15 is 0 Å². The highest BCUT2D eigenvalue weighted by Crippen LogP contribution is 2.44. The van der Waals surface area contributed by atoms with Gasteiger partial charge in [-0.2, -0.15) is 0 Å². The molecule has 0 aromatic heterocycles. The van der Waals surface area contributed by atoms with Gasteiger partial charge in [-0.15, -0.1) is 0 Å². The lowest BCUT2D eigenvalue weighted by Crippen LogP contribution is -2.26. The minimum atomic E-state index is -0.287. The second-order valence-corrected chi connectivity index (χ2v) is 10.1. The molecule has 1 heterocycles. The van der Waals surface area contributed by atoms with Crippen LogP contribution in [0.4, 0.5) is 17.1 Å². The van der Waals surface area contributed by atoms with Crippen molar-refractivity contribution in [3.8, 4) is 11.5 Å². The van der Waals surface area contributed by atoms with Gasteiger partial charge in [-0.1, -0.05) is 54.6 Å². The lowest BCUT2D eigenvalue weighted by atomic mass is 9.78. The third-order valence-electron chi connectivity index (χ3n) is 7.36. The average Bonchev–Trinajstić information content (AvgIpc) is 3.11. The van der Waals surface area contributed by atoms with Crippen LogP contribution in [0.25, 0.3) is 0 Å². The summed E-state index contributed by atoms with van der Waals surface area (Å²) in [7, 11) is 4.08. The topological polar surface area (TPSA) is 53.6 Å². The van der Waals surface area contributed by atoms with Gasteiger partial charge in [0.25, 0.3) is 0 Å². The lowest BCUT2D eigenvalue weighted by molar-refractivity contribution is -0.116. The molecule has 4 aromatic rings. The van der Waals surface area contributed by atoms with Gasteiger partial charge in [-0.05, 0) is 72.0 Å². The molecule has 2 aliphatic rings. The van der Waals surface area contributed by atoms with Crippen LogP contribution in [0.5, 0.6) is 11.5 Å². The van der Waals surface area contributed by atoms with Crippen molar-refractivity contribution < 1.29 is 9.53 Å². The standard InChI is InChI=1S/C33H31N3O2/c1-36(2)25-17-15-22(16-18-25)24-20-30-32(31(37)21-24)33(35-29-14-7-6-13-28(29)34-30)23-9-8-12-27(19-23)38-26-10-4-3-5-11-26/h3-19,24,33-35H,20-21H2,1-2H3. The van der Waals surface area contributed by atoms with E-state index < -0.39 is 0 Å². The van der Waals surface area contributed by atoms with Gasteiger partial charge in [-0.25, -0.2) is 0 Å². The highest BCUT2D eigenvalue weighted by atomic mass is 16.5. The smallest absolute Gasteiger partial charge is 0.163 e. The van der Waals surface area contributed by atoms with E-state index in [2.05, 4.69) is 58.0 Å². The summed E-state index contributed by atoms with van der Waals surface area (Å²) >= 11 is 0. The number of anilines is 3. The summed E-state index contributed by atoms with van der Waals surface area (Å²) in [6.45, 7) is 0. The maximum atomic E-state index is 13.9. The van der Waals surface area contributed by atoms with Gasteiger partial charge in [0.05, 0.1) is 17.4 Å². The van der Waals surface area contributed by atoms with E-state index in [9.17, 15) is 4.79 Å². The number of Topliss-reactive ketones (excluding diaryl/α,β-unsaturated/α-hetero) is 1. The molecule has 2 N–H and O–H groups in total. The molecule has 0 radical (unpaired) electrons. The first kappa shape index (κ1) is 23.9. The Labute approximate surface area is 223 Å². The van der Waals surface area contributed by atoms with Gasteiger partial charge < -0.3 is 20.3 Å². The van der Waals surface area contributed by atoms with E-state index in [-0.39, 0.29) is 17.7 Å². The first-order chi connectivity index (χ1) is 18.5. The van der Waals surface area contributed by atoms with Crippen LogP contribution in [0.3, 0.4) is 0 Å². The minimum absolute atomic E-state index is 0.128. The van der Waals surface area contributed by atoms with E-state index in [1.165, 1.54) is 5.56 Å². The van der Waals surface area contributed by atoms with Crippen molar-refractivity contribution >= 4 is 22.8 Å². The van der Waals surface area contributed by atoms with Crippen molar-refractivity contribution in [2.75, 3.05) is 29.6 Å². The predicted octanol–water partition coefficient (Wildman–Crippen LogP) is 7.52. The Hall–Kier alpha value is -4.51. The molecule has 0 saturated heterocycles. The number of benzene rings is 4. The summed E-state index contributed by atoms with van der Waals surface area (Å²) in [6.07, 6.45) is 1.26. The molecule has 6 rings (SSSR count). The highest BCUT2D eigenvalue weighted by molar-refractivity contribution is 6.01. The van der Waals surface area contributed by atoms with E-state index in [4.69, 9.17) is 4.74 Å². The summed E-state index contributed by atoms with van der Waals surface area (Å²) in [5.74, 6) is 1.82. The summed E-state index contributed by atoms with van der Waals surface area (Å²) in [6, 6.07) is 34.2. The third-order valence-corrected chi connectivity index (χ3v) is 7.36. The first-order valence-corrected chi connectivity index (χ1v) is 13.0. The number of para-hydroxylation sites is 3. The Morgan fingerprint density at radius 3 is 2.21 bits per heavy atom. The summed E-state index contributed by atoms with van der Waals surface area (Å²) in [5.41, 5.74) is 7.08. The molecular weight excluding hydrogens is 470 g/mol. The summed E-state index contributed by atoms with van der Waals surface area (Å²) < 4.78 is 6.13. The van der Waals surface area contributed by atoms with Gasteiger partial charge >= 0.3 is 0 Å². The fourth-order valence-corrected chi connectivity index (χ4v) is 5.40. The molecule has 2 unspecified atom stereocenters. The normalized spacial score (nSPS) is 18.4. The van der Waals surface area contributed by atoms with Crippen molar-refractivity contribution in [3.63, 3.8) is 0 Å². The monoisotopic (exact) mass is 501 g/mol. The lowest BCUT2D eigenvalue weighted by Gasteiger charge is -2.30. The number of hydrogen-bond acceptors (Lipinski definition) is 5. The molecule has 0 saturated carbocycles. The molecule has 2 atom stereocenters. The van der Waals surface area contributed by atoms with Gasteiger partial charge in [0.1, 0.15) is 11.5 Å². The Balaban J connectivity index is 1.37. The van der Waals surface area contributed by atoms with E-state index in [0.717, 1.165) is 51.8 Å². The molecule has 1 aliphatic heterocycles. The van der Waals surface area contributed by atoms with Crippen LogP contribution >= 0.6 is 0 Å². The summed E-state index contributed by atoms with van der Waals surface area (Å²) in [4.78, 5) is 16.0. The zero-order valence-corrected chi connectivity index (χ0v) is 21.6. The Bertz CT molecular complexity index is 1490. The van der Waals surface area contributed by atoms with E-state index in [0.29, 0.717) is 6.42 Å². The maximum Gasteiger partial charge on any atom is 0.163 e. The van der Waals surface area contributed by atoms with Crippen molar-refractivity contribution in [1.29, 1.82) is 0 Å². The second kappa shape index (κ2) is 10.1. The number of rotatable bonds is 5. The van der Waals surface area contributed by atoms with Crippen LogP contribution in [0, 0.1) is 0 Å². The fraction of sp³-hybridized carbons (Fsp3) is 0.182. The van der Waals surface area contributed by atoms with Crippen LogP contribution in [-0.4, -0.2) is 19.9 Å². The zero-order valence-electron chi connectivity index (χ0n) is 21.6. The van der Waals surface area contributed by atoms with Gasteiger partial charge in [-0.3, -0.25) is 4.79 Å². The number of carbonyl (C=O) groups is 1. The van der Waals surface area contributed by atoms with Crippen molar-refractivity contribution in [1.82, 2.24) is 0 Å². The fourth-order valence-electron chi connectivity index (χ4n) is 5.40. The Morgan fingerprint density at radius 2 is 1.45 bits per heavy atom. The number of allylic oxidation sites excluding steroid dienone is 1. The van der Waals surface area contributed by atoms with E-state index in [1.807, 2.05) is 74.8 Å². The molecule has 0 spiro atoms. The molecular formula is C33H31N3O2. The van der Waals surface area contributed by atoms with Crippen LogP contribution in [0.2, 0.25) is 0 Å². The number of ketones is 1. The van der Waals surface area contributed by atoms with E-state index in [1.54, 1.807) is 0 Å². The molecule has 38 heavy (non-hydrogen) atoms. The van der Waals surface area contributed by atoms with Crippen LogP contribution < -0.4 is 20.3 Å². The molecule has 1 aliphatic carbocycles. The van der Waals surface area contributed by atoms with Crippen LogP contribution in [0.1, 0.15) is 35.9 Å². The number of ether oxygens (including phenoxy) is 1. The zero-order chi connectivity index (χ0) is 26.1. The molecule has 0 bridgehead atoms. The number of nitrogens with zero attached hydrogens (tertiary/aromatic N) is 1. The third kappa shape index (κ3) is 4.75. The average molecular weight is 502 g/mol. The second-order valence-electron chi connectivity index (χ2n) is 10.1. The molecule has 5 heteroatoms.